The summed E-state index contributed by atoms with van der Waals surface area (Å²) in [7, 11) is 5.03. The zero-order valence-electron chi connectivity index (χ0n) is 14.6. The summed E-state index contributed by atoms with van der Waals surface area (Å²) in [5.74, 6) is 2.18. The number of hydrogen-bond acceptors (Lipinski definition) is 4. The maximum atomic E-state index is 5.43. The van der Waals surface area contributed by atoms with Crippen molar-refractivity contribution in [3.63, 3.8) is 0 Å². The number of aryl methyl sites for hydroxylation is 1. The summed E-state index contributed by atoms with van der Waals surface area (Å²) < 4.78 is 10.7. The molecule has 24 heavy (non-hydrogen) atoms. The van der Waals surface area contributed by atoms with Gasteiger partial charge < -0.3 is 20.1 Å². The maximum Gasteiger partial charge on any atom is 0.218 e. The van der Waals surface area contributed by atoms with Crippen LogP contribution in [0.5, 0.6) is 11.6 Å². The summed E-state index contributed by atoms with van der Waals surface area (Å²) in [5.41, 5.74) is 3.21. The second-order valence-electron chi connectivity index (χ2n) is 5.27. The van der Waals surface area contributed by atoms with Gasteiger partial charge in [-0.05, 0) is 24.6 Å². The molecule has 0 aliphatic heterocycles. The molecular formula is C18H24N4O2. The molecule has 0 spiro atoms. The number of ether oxygens (including phenoxy) is 2. The summed E-state index contributed by atoms with van der Waals surface area (Å²) in [6.45, 7) is 3.23. The third kappa shape index (κ3) is 4.62. The Labute approximate surface area is 142 Å². The fourth-order valence-electron chi connectivity index (χ4n) is 2.32. The fraction of sp³-hybridized carbons (Fsp3) is 0.333. The van der Waals surface area contributed by atoms with E-state index in [0.717, 1.165) is 16.9 Å². The van der Waals surface area contributed by atoms with E-state index in [-0.39, 0.29) is 0 Å². The zero-order chi connectivity index (χ0) is 17.4. The molecule has 6 nitrogen and oxygen atoms in total. The van der Waals surface area contributed by atoms with Crippen LogP contribution in [0.4, 0.5) is 0 Å². The van der Waals surface area contributed by atoms with Gasteiger partial charge in [-0.3, -0.25) is 4.99 Å². The van der Waals surface area contributed by atoms with Crippen LogP contribution in [0.2, 0.25) is 0 Å². The molecule has 2 rings (SSSR count). The SMILES string of the molecule is CN=C(NCc1ccc(C)cc1OC)NCc1cccnc1OC. The molecule has 2 N–H and O–H groups in total. The molecule has 0 saturated heterocycles. The number of benzene rings is 1. The first-order chi connectivity index (χ1) is 11.7. The van der Waals surface area contributed by atoms with Crippen LogP contribution in [0, 0.1) is 6.92 Å². The lowest BCUT2D eigenvalue weighted by atomic mass is 10.1. The molecule has 0 saturated carbocycles. The predicted octanol–water partition coefficient (Wildman–Crippen LogP) is 2.27. The van der Waals surface area contributed by atoms with E-state index in [1.54, 1.807) is 27.5 Å². The largest absolute Gasteiger partial charge is 0.496 e. The minimum atomic E-state index is 0.571. The van der Waals surface area contributed by atoms with Crippen LogP contribution < -0.4 is 20.1 Å². The molecular weight excluding hydrogens is 304 g/mol. The Hall–Kier alpha value is -2.76. The molecule has 6 heteroatoms. The second-order valence-corrected chi connectivity index (χ2v) is 5.27. The molecule has 1 aromatic heterocycles. The first-order valence-electron chi connectivity index (χ1n) is 7.73. The number of rotatable bonds is 6. The monoisotopic (exact) mass is 328 g/mol. The number of nitrogens with one attached hydrogen (secondary N) is 2. The van der Waals surface area contributed by atoms with Gasteiger partial charge in [0.2, 0.25) is 5.88 Å². The van der Waals surface area contributed by atoms with E-state index in [1.165, 1.54) is 5.56 Å². The molecule has 0 radical (unpaired) electrons. The van der Waals surface area contributed by atoms with E-state index in [0.29, 0.717) is 24.9 Å². The molecule has 0 atom stereocenters. The van der Waals surface area contributed by atoms with Crippen molar-refractivity contribution >= 4 is 5.96 Å². The summed E-state index contributed by atoms with van der Waals surface area (Å²) in [6.07, 6.45) is 1.71. The van der Waals surface area contributed by atoms with E-state index >= 15 is 0 Å². The van der Waals surface area contributed by atoms with Gasteiger partial charge in [-0.2, -0.15) is 0 Å². The Bertz CT molecular complexity index is 701. The molecule has 1 heterocycles. The molecule has 1 aromatic carbocycles. The van der Waals surface area contributed by atoms with Gasteiger partial charge in [0.15, 0.2) is 5.96 Å². The van der Waals surface area contributed by atoms with Crippen LogP contribution in [0.15, 0.2) is 41.5 Å². The third-order valence-corrected chi connectivity index (χ3v) is 3.60. The van der Waals surface area contributed by atoms with Crippen LogP contribution in [-0.4, -0.2) is 32.2 Å². The maximum absolute atomic E-state index is 5.43. The van der Waals surface area contributed by atoms with E-state index < -0.39 is 0 Å². The first kappa shape index (κ1) is 17.6. The molecule has 0 aliphatic carbocycles. The van der Waals surface area contributed by atoms with Crippen LogP contribution in [0.25, 0.3) is 0 Å². The Morgan fingerprint density at radius 1 is 1.08 bits per heavy atom. The zero-order valence-corrected chi connectivity index (χ0v) is 14.6. The highest BCUT2D eigenvalue weighted by molar-refractivity contribution is 5.79. The number of hydrogen-bond donors (Lipinski definition) is 2. The fourth-order valence-corrected chi connectivity index (χ4v) is 2.32. The van der Waals surface area contributed by atoms with Crippen molar-refractivity contribution in [1.29, 1.82) is 0 Å². The third-order valence-electron chi connectivity index (χ3n) is 3.60. The molecule has 0 bridgehead atoms. The van der Waals surface area contributed by atoms with Crippen molar-refractivity contribution in [2.45, 2.75) is 20.0 Å². The van der Waals surface area contributed by atoms with Gasteiger partial charge in [-0.15, -0.1) is 0 Å². The van der Waals surface area contributed by atoms with Crippen LogP contribution in [-0.2, 0) is 13.1 Å². The Morgan fingerprint density at radius 3 is 2.50 bits per heavy atom. The van der Waals surface area contributed by atoms with Crippen molar-refractivity contribution in [3.05, 3.63) is 53.2 Å². The lowest BCUT2D eigenvalue weighted by Gasteiger charge is -2.15. The quantitative estimate of drug-likeness (QED) is 0.629. The Morgan fingerprint density at radius 2 is 1.83 bits per heavy atom. The number of pyridine rings is 1. The summed E-state index contributed by atoms with van der Waals surface area (Å²) >= 11 is 0. The number of guanidine groups is 1. The van der Waals surface area contributed by atoms with Gasteiger partial charge in [-0.25, -0.2) is 4.98 Å². The topological polar surface area (TPSA) is 67.8 Å². The smallest absolute Gasteiger partial charge is 0.218 e. The number of aromatic nitrogens is 1. The highest BCUT2D eigenvalue weighted by atomic mass is 16.5. The van der Waals surface area contributed by atoms with Crippen LogP contribution in [0.1, 0.15) is 16.7 Å². The van der Waals surface area contributed by atoms with Gasteiger partial charge in [-0.1, -0.05) is 18.2 Å². The summed E-state index contributed by atoms with van der Waals surface area (Å²) in [6, 6.07) is 9.99. The Balaban J connectivity index is 1.96. The molecule has 2 aromatic rings. The lowest BCUT2D eigenvalue weighted by molar-refractivity contribution is 0.392. The minimum Gasteiger partial charge on any atom is -0.496 e. The van der Waals surface area contributed by atoms with Crippen molar-refractivity contribution in [3.8, 4) is 11.6 Å². The molecule has 0 fully saturated rings. The number of aliphatic imine (C=N–C) groups is 1. The second kappa shape index (κ2) is 8.76. The number of nitrogens with zero attached hydrogens (tertiary/aromatic N) is 2. The van der Waals surface area contributed by atoms with Gasteiger partial charge in [0.05, 0.1) is 14.2 Å². The normalized spacial score (nSPS) is 11.1. The van der Waals surface area contributed by atoms with Crippen molar-refractivity contribution in [1.82, 2.24) is 15.6 Å². The highest BCUT2D eigenvalue weighted by Gasteiger charge is 2.07. The van der Waals surface area contributed by atoms with Crippen LogP contribution in [0.3, 0.4) is 0 Å². The van der Waals surface area contributed by atoms with E-state index in [1.807, 2.05) is 25.1 Å². The van der Waals surface area contributed by atoms with E-state index in [4.69, 9.17) is 9.47 Å². The van der Waals surface area contributed by atoms with Crippen molar-refractivity contribution in [2.75, 3.05) is 21.3 Å². The summed E-state index contributed by atoms with van der Waals surface area (Å²) in [5, 5.41) is 6.54. The number of methoxy groups -OCH3 is 2. The van der Waals surface area contributed by atoms with Gasteiger partial charge in [0.1, 0.15) is 5.75 Å². The van der Waals surface area contributed by atoms with Gasteiger partial charge >= 0.3 is 0 Å². The average molecular weight is 328 g/mol. The summed E-state index contributed by atoms with van der Waals surface area (Å²) in [4.78, 5) is 8.43. The van der Waals surface area contributed by atoms with E-state index in [2.05, 4.69) is 32.7 Å². The highest BCUT2D eigenvalue weighted by Crippen LogP contribution is 2.19. The molecule has 128 valence electrons. The van der Waals surface area contributed by atoms with E-state index in [9.17, 15) is 0 Å². The molecule has 0 aliphatic rings. The predicted molar refractivity (Wildman–Crippen MR) is 95.6 cm³/mol. The van der Waals surface area contributed by atoms with Crippen molar-refractivity contribution in [2.24, 2.45) is 4.99 Å². The molecule has 0 amide bonds. The van der Waals surface area contributed by atoms with Gasteiger partial charge in [0, 0.05) is 37.5 Å². The minimum absolute atomic E-state index is 0.571. The van der Waals surface area contributed by atoms with Crippen molar-refractivity contribution < 1.29 is 9.47 Å². The Kier molecular flexibility index (Phi) is 6.42. The standard InChI is InChI=1S/C18H24N4O2/c1-13-7-8-14(16(10-13)23-3)11-21-18(19-2)22-12-15-6-5-9-20-17(15)24-4/h5-10H,11-12H2,1-4H3,(H2,19,21,22). The lowest BCUT2D eigenvalue weighted by Crippen LogP contribution is -2.36. The average Bonchev–Trinajstić information content (AvgIpc) is 2.62. The first-order valence-corrected chi connectivity index (χ1v) is 7.73. The van der Waals surface area contributed by atoms with Crippen LogP contribution >= 0.6 is 0 Å². The van der Waals surface area contributed by atoms with Gasteiger partial charge in [0.25, 0.3) is 0 Å². The molecule has 0 unspecified atom stereocenters.